The lowest BCUT2D eigenvalue weighted by molar-refractivity contribution is -0.140. The van der Waals surface area contributed by atoms with Crippen LogP contribution >= 0.6 is 23.2 Å². The van der Waals surface area contributed by atoms with Crippen molar-refractivity contribution in [1.29, 1.82) is 0 Å². The molecule has 8 nitrogen and oxygen atoms in total. The number of methoxy groups -OCH3 is 1. The minimum atomic E-state index is -4.23. The summed E-state index contributed by atoms with van der Waals surface area (Å²) in [6.07, 6.45) is 5.29. The molecule has 0 aliphatic heterocycles. The molecule has 1 atom stereocenters. The topological polar surface area (TPSA) is 96.0 Å². The van der Waals surface area contributed by atoms with Gasteiger partial charge in [-0.2, -0.15) is 0 Å². The van der Waals surface area contributed by atoms with Crippen LogP contribution in [0.2, 0.25) is 10.0 Å². The summed E-state index contributed by atoms with van der Waals surface area (Å²) in [6.45, 7) is 3.07. The smallest absolute Gasteiger partial charge is 0.264 e. The van der Waals surface area contributed by atoms with E-state index in [1.165, 1.54) is 24.1 Å². The third kappa shape index (κ3) is 8.06. The molecule has 1 aliphatic carbocycles. The Morgan fingerprint density at radius 3 is 2.34 bits per heavy atom. The summed E-state index contributed by atoms with van der Waals surface area (Å²) < 4.78 is 34.9. The average Bonchev–Trinajstić information content (AvgIpc) is 3.01. The fourth-order valence-corrected chi connectivity index (χ4v) is 7.43. The van der Waals surface area contributed by atoms with Crippen LogP contribution in [0.5, 0.6) is 5.75 Å². The molecule has 0 radical (unpaired) electrons. The van der Waals surface area contributed by atoms with Crippen molar-refractivity contribution in [2.24, 2.45) is 0 Å². The molecule has 0 bridgehead atoms. The Bertz CT molecular complexity index is 1560. The Kier molecular flexibility index (Phi) is 11.6. The number of anilines is 1. The number of hydrogen-bond acceptors (Lipinski definition) is 5. The largest absolute Gasteiger partial charge is 0.495 e. The number of ether oxygens (including phenoxy) is 1. The van der Waals surface area contributed by atoms with Crippen LogP contribution in [0.15, 0.2) is 71.6 Å². The summed E-state index contributed by atoms with van der Waals surface area (Å²) in [5.41, 5.74) is 1.58. The first-order valence-electron chi connectivity index (χ1n) is 14.8. The number of nitrogens with zero attached hydrogens (tertiary/aromatic N) is 2. The van der Waals surface area contributed by atoms with E-state index in [1.54, 1.807) is 54.6 Å². The van der Waals surface area contributed by atoms with Crippen molar-refractivity contribution in [3.8, 4) is 5.75 Å². The van der Waals surface area contributed by atoms with Gasteiger partial charge in [0, 0.05) is 22.6 Å². The molecule has 236 valence electrons. The van der Waals surface area contributed by atoms with E-state index in [0.717, 1.165) is 42.0 Å². The maximum absolute atomic E-state index is 14.4. The van der Waals surface area contributed by atoms with Gasteiger partial charge in [-0.15, -0.1) is 0 Å². The Labute approximate surface area is 270 Å². The Morgan fingerprint density at radius 1 is 1.00 bits per heavy atom. The molecule has 3 aromatic carbocycles. The molecule has 44 heavy (non-hydrogen) atoms. The van der Waals surface area contributed by atoms with Gasteiger partial charge in [0.2, 0.25) is 11.8 Å². The van der Waals surface area contributed by atoms with Crippen molar-refractivity contribution < 1.29 is 22.7 Å². The average molecular weight is 661 g/mol. The highest BCUT2D eigenvalue weighted by Crippen LogP contribution is 2.34. The second-order valence-corrected chi connectivity index (χ2v) is 13.7. The van der Waals surface area contributed by atoms with Gasteiger partial charge in [0.25, 0.3) is 10.0 Å². The molecule has 2 amide bonds. The molecule has 0 saturated heterocycles. The van der Waals surface area contributed by atoms with Crippen LogP contribution in [-0.2, 0) is 26.2 Å². The van der Waals surface area contributed by atoms with Crippen molar-refractivity contribution in [1.82, 2.24) is 10.2 Å². The van der Waals surface area contributed by atoms with Gasteiger partial charge >= 0.3 is 0 Å². The van der Waals surface area contributed by atoms with E-state index in [9.17, 15) is 18.0 Å². The number of aryl methyl sites for hydroxylation is 1. The number of amides is 2. The van der Waals surface area contributed by atoms with E-state index in [4.69, 9.17) is 27.9 Å². The fraction of sp³-hybridized carbons (Fsp3) is 0.394. The van der Waals surface area contributed by atoms with E-state index >= 15 is 0 Å². The monoisotopic (exact) mass is 659 g/mol. The first-order chi connectivity index (χ1) is 21.0. The number of carbonyl (C=O) groups is 2. The molecule has 11 heteroatoms. The minimum absolute atomic E-state index is 0.0182. The number of carbonyl (C=O) groups excluding carboxylic acids is 2. The van der Waals surface area contributed by atoms with Crippen LogP contribution in [-0.4, -0.2) is 50.9 Å². The molecule has 0 aromatic heterocycles. The van der Waals surface area contributed by atoms with Crippen LogP contribution in [0.1, 0.15) is 56.6 Å². The standard InChI is InChI=1S/C33H39Cl2N3O5S/c1-4-29(33(40)36-26-11-7-5-8-12-26)37(21-24-16-17-25(34)20-28(24)35)32(39)22-38(30-19-23(2)15-18-31(30)43-3)44(41,42)27-13-9-6-10-14-27/h6,9-10,13-20,26,29H,4-5,7-8,11-12,21-22H2,1-3H3,(H,36,40)/t29-/m1/s1. The van der Waals surface area contributed by atoms with Gasteiger partial charge in [-0.1, -0.05) is 79.7 Å². The number of rotatable bonds is 12. The first kappa shape index (κ1) is 33.6. The molecule has 4 rings (SSSR count). The predicted octanol–water partition coefficient (Wildman–Crippen LogP) is 6.76. The minimum Gasteiger partial charge on any atom is -0.495 e. The summed E-state index contributed by atoms with van der Waals surface area (Å²) in [6, 6.07) is 17.2. The molecule has 0 unspecified atom stereocenters. The molecular formula is C33H39Cl2N3O5S. The highest BCUT2D eigenvalue weighted by molar-refractivity contribution is 7.92. The summed E-state index contributed by atoms with van der Waals surface area (Å²) in [7, 11) is -2.79. The summed E-state index contributed by atoms with van der Waals surface area (Å²) >= 11 is 12.7. The van der Waals surface area contributed by atoms with E-state index in [1.807, 2.05) is 13.8 Å². The second kappa shape index (κ2) is 15.1. The van der Waals surface area contributed by atoms with Crippen LogP contribution in [0.3, 0.4) is 0 Å². The number of sulfonamides is 1. The quantitative estimate of drug-likeness (QED) is 0.232. The van der Waals surface area contributed by atoms with Crippen LogP contribution in [0, 0.1) is 6.92 Å². The van der Waals surface area contributed by atoms with Gasteiger partial charge in [-0.3, -0.25) is 13.9 Å². The third-order valence-electron chi connectivity index (χ3n) is 7.91. The van der Waals surface area contributed by atoms with Gasteiger partial charge < -0.3 is 15.0 Å². The molecule has 1 saturated carbocycles. The van der Waals surface area contributed by atoms with Gasteiger partial charge in [-0.25, -0.2) is 8.42 Å². The molecule has 0 heterocycles. The lowest BCUT2D eigenvalue weighted by atomic mass is 9.95. The van der Waals surface area contributed by atoms with Crippen molar-refractivity contribution >= 4 is 50.7 Å². The SMILES string of the molecule is CC[C@H](C(=O)NC1CCCCC1)N(Cc1ccc(Cl)cc1Cl)C(=O)CN(c1cc(C)ccc1OC)S(=O)(=O)c1ccccc1. The summed E-state index contributed by atoms with van der Waals surface area (Å²) in [5.74, 6) is -0.551. The number of nitrogens with one attached hydrogen (secondary N) is 1. The first-order valence-corrected chi connectivity index (χ1v) is 17.0. The Hall–Kier alpha value is -3.27. The zero-order valence-electron chi connectivity index (χ0n) is 25.3. The molecule has 1 N–H and O–H groups in total. The summed E-state index contributed by atoms with van der Waals surface area (Å²) in [5, 5.41) is 3.92. The van der Waals surface area contributed by atoms with E-state index in [0.29, 0.717) is 22.0 Å². The van der Waals surface area contributed by atoms with Crippen LogP contribution in [0.4, 0.5) is 5.69 Å². The fourth-order valence-electron chi connectivity index (χ4n) is 5.53. The Morgan fingerprint density at radius 2 is 1.70 bits per heavy atom. The molecule has 1 aliphatic rings. The Balaban J connectivity index is 1.77. The van der Waals surface area contributed by atoms with Crippen molar-refractivity contribution in [2.75, 3.05) is 18.0 Å². The van der Waals surface area contributed by atoms with Crippen LogP contribution in [0.25, 0.3) is 0 Å². The normalized spacial score (nSPS) is 14.5. The van der Waals surface area contributed by atoms with Gasteiger partial charge in [0.15, 0.2) is 0 Å². The number of hydrogen-bond donors (Lipinski definition) is 1. The second-order valence-electron chi connectivity index (χ2n) is 11.0. The van der Waals surface area contributed by atoms with E-state index < -0.39 is 28.5 Å². The van der Waals surface area contributed by atoms with Crippen molar-refractivity contribution in [3.05, 3.63) is 87.9 Å². The lowest BCUT2D eigenvalue weighted by Gasteiger charge is -2.35. The van der Waals surface area contributed by atoms with Crippen molar-refractivity contribution in [2.45, 2.75) is 75.9 Å². The van der Waals surface area contributed by atoms with Crippen LogP contribution < -0.4 is 14.4 Å². The molecule has 0 spiro atoms. The van der Waals surface area contributed by atoms with E-state index in [2.05, 4.69) is 5.32 Å². The van der Waals surface area contributed by atoms with Crippen molar-refractivity contribution in [3.63, 3.8) is 0 Å². The molecular weight excluding hydrogens is 621 g/mol. The highest BCUT2D eigenvalue weighted by atomic mass is 35.5. The predicted molar refractivity (Wildman–Crippen MR) is 175 cm³/mol. The number of benzene rings is 3. The van der Waals surface area contributed by atoms with E-state index in [-0.39, 0.29) is 34.8 Å². The van der Waals surface area contributed by atoms with Gasteiger partial charge in [-0.05, 0) is 73.7 Å². The maximum Gasteiger partial charge on any atom is 0.264 e. The third-order valence-corrected chi connectivity index (χ3v) is 10.3. The zero-order chi connectivity index (χ0) is 31.9. The molecule has 1 fully saturated rings. The highest BCUT2D eigenvalue weighted by Gasteiger charge is 2.35. The zero-order valence-corrected chi connectivity index (χ0v) is 27.6. The molecule has 3 aromatic rings. The lowest BCUT2D eigenvalue weighted by Crippen LogP contribution is -2.54. The summed E-state index contributed by atoms with van der Waals surface area (Å²) in [4.78, 5) is 29.6. The number of halogens is 2. The van der Waals surface area contributed by atoms with Gasteiger partial charge in [0.1, 0.15) is 18.3 Å². The van der Waals surface area contributed by atoms with Gasteiger partial charge in [0.05, 0.1) is 17.7 Å². The maximum atomic E-state index is 14.4.